The maximum atomic E-state index is 13.5. The summed E-state index contributed by atoms with van der Waals surface area (Å²) in [4.78, 5) is 4.09. The summed E-state index contributed by atoms with van der Waals surface area (Å²) in [7, 11) is 1.64. The molecule has 2 aromatic rings. The number of aliphatic hydroxyl groups is 1. The predicted octanol–water partition coefficient (Wildman–Crippen LogP) is 2.36. The van der Waals surface area contributed by atoms with Gasteiger partial charge in [-0.3, -0.25) is 4.99 Å². The van der Waals surface area contributed by atoms with Gasteiger partial charge in [0.2, 0.25) is 0 Å². The van der Waals surface area contributed by atoms with Crippen LogP contribution in [0.2, 0.25) is 0 Å². The van der Waals surface area contributed by atoms with E-state index in [9.17, 15) is 8.78 Å². The highest BCUT2D eigenvalue weighted by molar-refractivity contribution is 5.79. The SMILES string of the molecule is CN=C(NCCc1ccccc1F)NCc1ccc(F)c(CO)c1. The van der Waals surface area contributed by atoms with Gasteiger partial charge in [0, 0.05) is 25.7 Å². The lowest BCUT2D eigenvalue weighted by atomic mass is 10.1. The summed E-state index contributed by atoms with van der Waals surface area (Å²) in [5.41, 5.74) is 1.74. The van der Waals surface area contributed by atoms with Gasteiger partial charge in [-0.25, -0.2) is 8.78 Å². The number of hydrogen-bond donors (Lipinski definition) is 3. The van der Waals surface area contributed by atoms with Crippen molar-refractivity contribution in [3.05, 3.63) is 70.8 Å². The third-order valence-corrected chi connectivity index (χ3v) is 3.61. The zero-order chi connectivity index (χ0) is 17.4. The van der Waals surface area contributed by atoms with E-state index in [0.29, 0.717) is 31.0 Å². The highest BCUT2D eigenvalue weighted by Gasteiger charge is 2.04. The quantitative estimate of drug-likeness (QED) is 0.562. The molecule has 0 aliphatic rings. The molecule has 0 aliphatic heterocycles. The van der Waals surface area contributed by atoms with Crippen LogP contribution in [0.3, 0.4) is 0 Å². The maximum absolute atomic E-state index is 13.5. The lowest BCUT2D eigenvalue weighted by Crippen LogP contribution is -2.37. The highest BCUT2D eigenvalue weighted by atomic mass is 19.1. The van der Waals surface area contributed by atoms with Crippen molar-refractivity contribution in [1.29, 1.82) is 0 Å². The van der Waals surface area contributed by atoms with Crippen LogP contribution in [0.15, 0.2) is 47.5 Å². The molecule has 0 saturated heterocycles. The van der Waals surface area contributed by atoms with E-state index in [4.69, 9.17) is 5.11 Å². The summed E-state index contributed by atoms with van der Waals surface area (Å²) in [5, 5.41) is 15.3. The Bertz CT molecular complexity index is 704. The lowest BCUT2D eigenvalue weighted by Gasteiger charge is -2.13. The predicted molar refractivity (Wildman–Crippen MR) is 90.6 cm³/mol. The monoisotopic (exact) mass is 333 g/mol. The molecule has 2 aromatic carbocycles. The molecule has 4 nitrogen and oxygen atoms in total. The van der Waals surface area contributed by atoms with E-state index in [1.165, 1.54) is 12.1 Å². The molecule has 0 spiro atoms. The lowest BCUT2D eigenvalue weighted by molar-refractivity contribution is 0.275. The van der Waals surface area contributed by atoms with Crippen molar-refractivity contribution in [2.24, 2.45) is 4.99 Å². The van der Waals surface area contributed by atoms with Gasteiger partial charge in [-0.15, -0.1) is 0 Å². The second kappa shape index (κ2) is 8.98. The molecule has 6 heteroatoms. The average molecular weight is 333 g/mol. The highest BCUT2D eigenvalue weighted by Crippen LogP contribution is 2.10. The minimum Gasteiger partial charge on any atom is -0.392 e. The number of halogens is 2. The Morgan fingerprint density at radius 3 is 2.50 bits per heavy atom. The molecule has 0 unspecified atom stereocenters. The number of nitrogens with one attached hydrogen (secondary N) is 2. The number of nitrogens with zero attached hydrogens (tertiary/aromatic N) is 1. The molecule has 2 rings (SSSR count). The fraction of sp³-hybridized carbons (Fsp3) is 0.278. The van der Waals surface area contributed by atoms with E-state index < -0.39 is 5.82 Å². The molecule has 24 heavy (non-hydrogen) atoms. The fourth-order valence-corrected chi connectivity index (χ4v) is 2.28. The molecule has 0 amide bonds. The molecule has 0 heterocycles. The standard InChI is InChI=1S/C18H21F2N3O/c1-21-18(22-9-8-14-4-2-3-5-16(14)19)23-11-13-6-7-17(20)15(10-13)12-24/h2-7,10,24H,8-9,11-12H2,1H3,(H2,21,22,23). The number of aliphatic imine (C=N–C) groups is 1. The van der Waals surface area contributed by atoms with E-state index in [0.717, 1.165) is 5.56 Å². The van der Waals surface area contributed by atoms with Crippen molar-refractivity contribution in [2.75, 3.05) is 13.6 Å². The van der Waals surface area contributed by atoms with E-state index in [1.807, 2.05) is 0 Å². The van der Waals surface area contributed by atoms with E-state index >= 15 is 0 Å². The first-order valence-electron chi connectivity index (χ1n) is 7.70. The number of hydrogen-bond acceptors (Lipinski definition) is 2. The summed E-state index contributed by atoms with van der Waals surface area (Å²) >= 11 is 0. The van der Waals surface area contributed by atoms with Crippen LogP contribution < -0.4 is 10.6 Å². The molecule has 128 valence electrons. The third-order valence-electron chi connectivity index (χ3n) is 3.61. The summed E-state index contributed by atoms with van der Waals surface area (Å²) in [6, 6.07) is 11.2. The molecular formula is C18H21F2N3O. The fourth-order valence-electron chi connectivity index (χ4n) is 2.28. The third kappa shape index (κ3) is 5.03. The van der Waals surface area contributed by atoms with Crippen LogP contribution in [-0.2, 0) is 19.6 Å². The summed E-state index contributed by atoms with van der Waals surface area (Å²) in [6.45, 7) is 0.633. The Morgan fingerprint density at radius 1 is 1.04 bits per heavy atom. The zero-order valence-electron chi connectivity index (χ0n) is 13.5. The largest absolute Gasteiger partial charge is 0.392 e. The number of benzene rings is 2. The molecule has 0 saturated carbocycles. The zero-order valence-corrected chi connectivity index (χ0v) is 13.5. The van der Waals surface area contributed by atoms with Gasteiger partial charge in [0.05, 0.1) is 6.61 Å². The van der Waals surface area contributed by atoms with Crippen LogP contribution in [0.25, 0.3) is 0 Å². The van der Waals surface area contributed by atoms with Crippen molar-refractivity contribution in [2.45, 2.75) is 19.6 Å². The van der Waals surface area contributed by atoms with E-state index in [2.05, 4.69) is 15.6 Å². The van der Waals surface area contributed by atoms with Crippen LogP contribution in [-0.4, -0.2) is 24.7 Å². The molecule has 3 N–H and O–H groups in total. The molecule has 0 atom stereocenters. The normalized spacial score (nSPS) is 11.4. The Morgan fingerprint density at radius 2 is 1.79 bits per heavy atom. The number of aliphatic hydroxyl groups excluding tert-OH is 1. The van der Waals surface area contributed by atoms with Crippen LogP contribution in [0, 0.1) is 11.6 Å². The van der Waals surface area contributed by atoms with E-state index in [-0.39, 0.29) is 18.0 Å². The molecule has 0 bridgehead atoms. The Kier molecular flexibility index (Phi) is 6.69. The summed E-state index contributed by atoms with van der Waals surface area (Å²) < 4.78 is 26.9. The van der Waals surface area contributed by atoms with Crippen LogP contribution in [0.5, 0.6) is 0 Å². The first-order valence-corrected chi connectivity index (χ1v) is 7.70. The van der Waals surface area contributed by atoms with E-state index in [1.54, 1.807) is 37.4 Å². The van der Waals surface area contributed by atoms with Gasteiger partial charge in [-0.1, -0.05) is 24.3 Å². The van der Waals surface area contributed by atoms with Gasteiger partial charge in [-0.2, -0.15) is 0 Å². The van der Waals surface area contributed by atoms with Gasteiger partial charge in [-0.05, 0) is 35.7 Å². The molecule has 0 fully saturated rings. The summed E-state index contributed by atoms with van der Waals surface area (Å²) in [6.07, 6.45) is 0.540. The number of guanidine groups is 1. The molecule has 0 radical (unpaired) electrons. The van der Waals surface area contributed by atoms with Crippen molar-refractivity contribution in [3.63, 3.8) is 0 Å². The Balaban J connectivity index is 1.83. The van der Waals surface area contributed by atoms with Crippen molar-refractivity contribution in [1.82, 2.24) is 10.6 Å². The Labute approximate surface area is 140 Å². The average Bonchev–Trinajstić information content (AvgIpc) is 2.60. The van der Waals surface area contributed by atoms with Crippen LogP contribution >= 0.6 is 0 Å². The van der Waals surface area contributed by atoms with Gasteiger partial charge < -0.3 is 15.7 Å². The molecule has 0 aromatic heterocycles. The first-order chi connectivity index (χ1) is 11.6. The second-order valence-electron chi connectivity index (χ2n) is 5.28. The van der Waals surface area contributed by atoms with Crippen molar-refractivity contribution < 1.29 is 13.9 Å². The van der Waals surface area contributed by atoms with Gasteiger partial charge in [0.25, 0.3) is 0 Å². The smallest absolute Gasteiger partial charge is 0.191 e. The second-order valence-corrected chi connectivity index (χ2v) is 5.28. The number of rotatable bonds is 6. The first kappa shape index (κ1) is 17.9. The van der Waals surface area contributed by atoms with Crippen LogP contribution in [0.1, 0.15) is 16.7 Å². The van der Waals surface area contributed by atoms with Crippen molar-refractivity contribution >= 4 is 5.96 Å². The molecular weight excluding hydrogens is 312 g/mol. The Hall–Kier alpha value is -2.47. The molecule has 0 aliphatic carbocycles. The topological polar surface area (TPSA) is 56.7 Å². The van der Waals surface area contributed by atoms with Gasteiger partial charge in [0.1, 0.15) is 11.6 Å². The van der Waals surface area contributed by atoms with Gasteiger partial charge in [0.15, 0.2) is 5.96 Å². The minimum atomic E-state index is -0.423. The summed E-state index contributed by atoms with van der Waals surface area (Å²) in [5.74, 6) is -0.0695. The van der Waals surface area contributed by atoms with Crippen molar-refractivity contribution in [3.8, 4) is 0 Å². The maximum Gasteiger partial charge on any atom is 0.191 e. The van der Waals surface area contributed by atoms with Gasteiger partial charge >= 0.3 is 0 Å². The minimum absolute atomic E-state index is 0.218. The van der Waals surface area contributed by atoms with Crippen LogP contribution in [0.4, 0.5) is 8.78 Å².